The number of piperidine rings is 1. The van der Waals surface area contributed by atoms with Crippen molar-refractivity contribution in [2.24, 2.45) is 5.92 Å². The molecule has 25 heavy (non-hydrogen) atoms. The Balaban J connectivity index is 1.55. The minimum atomic E-state index is -0.0528. The number of nitrogens with zero attached hydrogens (tertiary/aromatic N) is 2. The molecule has 5 heteroatoms. The van der Waals surface area contributed by atoms with E-state index in [4.69, 9.17) is 11.6 Å². The molecular formula is C20H24ClN3O. The highest BCUT2D eigenvalue weighted by Crippen LogP contribution is 2.21. The van der Waals surface area contributed by atoms with E-state index in [2.05, 4.69) is 22.1 Å². The van der Waals surface area contributed by atoms with Gasteiger partial charge in [0, 0.05) is 36.4 Å². The minimum Gasteiger partial charge on any atom is -0.357 e. The fourth-order valence-electron chi connectivity index (χ4n) is 3.04. The van der Waals surface area contributed by atoms with Gasteiger partial charge in [0.2, 0.25) is 0 Å². The third-order valence-electron chi connectivity index (χ3n) is 4.73. The predicted molar refractivity (Wildman–Crippen MR) is 102 cm³/mol. The summed E-state index contributed by atoms with van der Waals surface area (Å²) in [6.07, 6.45) is 4.87. The van der Waals surface area contributed by atoms with E-state index in [1.807, 2.05) is 30.3 Å². The van der Waals surface area contributed by atoms with Gasteiger partial charge in [0.1, 0.15) is 5.82 Å². The average Bonchev–Trinajstić information content (AvgIpc) is 2.64. The second kappa shape index (κ2) is 8.34. The molecule has 0 saturated carbocycles. The molecule has 1 aromatic heterocycles. The zero-order valence-corrected chi connectivity index (χ0v) is 15.3. The van der Waals surface area contributed by atoms with Gasteiger partial charge in [-0.05, 0) is 55.0 Å². The van der Waals surface area contributed by atoms with Crippen molar-refractivity contribution in [3.63, 3.8) is 0 Å². The maximum Gasteiger partial charge on any atom is 0.251 e. The van der Waals surface area contributed by atoms with Gasteiger partial charge in [-0.1, -0.05) is 30.7 Å². The van der Waals surface area contributed by atoms with Gasteiger partial charge in [0.25, 0.3) is 5.91 Å². The van der Waals surface area contributed by atoms with Crippen LogP contribution in [0.5, 0.6) is 0 Å². The zero-order valence-electron chi connectivity index (χ0n) is 14.5. The van der Waals surface area contributed by atoms with Gasteiger partial charge >= 0.3 is 0 Å². The van der Waals surface area contributed by atoms with Crippen LogP contribution < -0.4 is 10.2 Å². The topological polar surface area (TPSA) is 45.2 Å². The highest BCUT2D eigenvalue weighted by Gasteiger charge is 2.18. The summed E-state index contributed by atoms with van der Waals surface area (Å²) in [5.74, 6) is 1.62. The molecule has 0 unspecified atom stereocenters. The number of carbonyl (C=O) groups excluding carboxylic acids is 1. The molecule has 132 valence electrons. The third kappa shape index (κ3) is 4.95. The summed E-state index contributed by atoms with van der Waals surface area (Å²) in [7, 11) is 0. The Hall–Kier alpha value is -2.07. The lowest BCUT2D eigenvalue weighted by Crippen LogP contribution is -2.33. The van der Waals surface area contributed by atoms with Crippen molar-refractivity contribution >= 4 is 23.3 Å². The summed E-state index contributed by atoms with van der Waals surface area (Å²) in [4.78, 5) is 19.1. The largest absolute Gasteiger partial charge is 0.357 e. The molecule has 1 aromatic carbocycles. The fourth-order valence-corrected chi connectivity index (χ4v) is 3.17. The van der Waals surface area contributed by atoms with Gasteiger partial charge < -0.3 is 10.2 Å². The number of nitrogens with one attached hydrogen (secondary N) is 1. The molecular weight excluding hydrogens is 334 g/mol. The number of amides is 1. The number of aromatic nitrogens is 1. The summed E-state index contributed by atoms with van der Waals surface area (Å²) in [5, 5.41) is 3.71. The summed E-state index contributed by atoms with van der Waals surface area (Å²) >= 11 is 5.88. The Labute approximate surface area is 154 Å². The Bertz CT molecular complexity index is 709. The number of pyridine rings is 1. The smallest absolute Gasteiger partial charge is 0.251 e. The van der Waals surface area contributed by atoms with Crippen LogP contribution in [0.25, 0.3) is 0 Å². The molecule has 2 heterocycles. The van der Waals surface area contributed by atoms with Gasteiger partial charge in [0.15, 0.2) is 0 Å². The fraction of sp³-hybridized carbons (Fsp3) is 0.400. The zero-order chi connectivity index (χ0) is 17.6. The first-order chi connectivity index (χ1) is 12.1. The Morgan fingerprint density at radius 2 is 1.96 bits per heavy atom. The maximum absolute atomic E-state index is 12.4. The highest BCUT2D eigenvalue weighted by atomic mass is 35.5. The molecule has 1 N–H and O–H groups in total. The SMILES string of the molecule is CC1CCN(c2cc(C(=O)NCCc3ccc(Cl)cc3)ccn2)CC1. The van der Waals surface area contributed by atoms with Crippen LogP contribution in [0.15, 0.2) is 42.6 Å². The molecule has 1 fully saturated rings. The van der Waals surface area contributed by atoms with Gasteiger partial charge in [-0.15, -0.1) is 0 Å². The van der Waals surface area contributed by atoms with Gasteiger partial charge in [0.05, 0.1) is 0 Å². The molecule has 0 bridgehead atoms. The monoisotopic (exact) mass is 357 g/mol. The van der Waals surface area contributed by atoms with Gasteiger partial charge in [-0.25, -0.2) is 4.98 Å². The Morgan fingerprint density at radius 1 is 1.24 bits per heavy atom. The van der Waals surface area contributed by atoms with E-state index in [1.54, 1.807) is 12.3 Å². The third-order valence-corrected chi connectivity index (χ3v) is 4.98. The van der Waals surface area contributed by atoms with Crippen molar-refractivity contribution in [2.75, 3.05) is 24.5 Å². The normalized spacial score (nSPS) is 15.2. The van der Waals surface area contributed by atoms with Gasteiger partial charge in [-0.2, -0.15) is 0 Å². The van der Waals surface area contributed by atoms with Crippen LogP contribution in [-0.4, -0.2) is 30.5 Å². The molecule has 1 amide bonds. The van der Waals surface area contributed by atoms with Crippen LogP contribution in [-0.2, 0) is 6.42 Å². The Morgan fingerprint density at radius 3 is 2.68 bits per heavy atom. The summed E-state index contributed by atoms with van der Waals surface area (Å²) in [5.41, 5.74) is 1.82. The number of benzene rings is 1. The first-order valence-corrected chi connectivity index (χ1v) is 9.23. The molecule has 0 radical (unpaired) electrons. The Kier molecular flexibility index (Phi) is 5.92. The number of hydrogen-bond acceptors (Lipinski definition) is 3. The standard InChI is InChI=1S/C20H24ClN3O/c1-15-8-12-24(13-9-15)19-14-17(7-11-22-19)20(25)23-10-6-16-2-4-18(21)5-3-16/h2-5,7,11,14-15H,6,8-10,12-13H2,1H3,(H,23,25). The van der Waals surface area contributed by atoms with E-state index in [9.17, 15) is 4.79 Å². The second-order valence-corrected chi connectivity index (χ2v) is 7.14. The number of halogens is 1. The number of hydrogen-bond donors (Lipinski definition) is 1. The van der Waals surface area contributed by atoms with Crippen LogP contribution in [0.4, 0.5) is 5.82 Å². The lowest BCUT2D eigenvalue weighted by Gasteiger charge is -2.31. The van der Waals surface area contributed by atoms with Crippen molar-refractivity contribution < 1.29 is 4.79 Å². The molecule has 1 aliphatic heterocycles. The van der Waals surface area contributed by atoms with Crippen molar-refractivity contribution in [3.05, 3.63) is 58.7 Å². The summed E-state index contributed by atoms with van der Waals surface area (Å²) in [6, 6.07) is 11.4. The minimum absolute atomic E-state index is 0.0528. The number of rotatable bonds is 5. The highest BCUT2D eigenvalue weighted by molar-refractivity contribution is 6.30. The van der Waals surface area contributed by atoms with E-state index in [1.165, 1.54) is 12.8 Å². The van der Waals surface area contributed by atoms with Crippen molar-refractivity contribution in [1.82, 2.24) is 10.3 Å². The first-order valence-electron chi connectivity index (χ1n) is 8.85. The van der Waals surface area contributed by atoms with Crippen molar-refractivity contribution in [3.8, 4) is 0 Å². The lowest BCUT2D eigenvalue weighted by atomic mass is 9.99. The molecule has 3 rings (SSSR count). The second-order valence-electron chi connectivity index (χ2n) is 6.70. The van der Waals surface area contributed by atoms with Crippen molar-refractivity contribution in [1.29, 1.82) is 0 Å². The van der Waals surface area contributed by atoms with Crippen LogP contribution >= 0.6 is 11.6 Å². The quantitative estimate of drug-likeness (QED) is 0.881. The number of carbonyl (C=O) groups is 1. The summed E-state index contributed by atoms with van der Waals surface area (Å²) in [6.45, 7) is 4.90. The number of anilines is 1. The van der Waals surface area contributed by atoms with Crippen LogP contribution in [0.1, 0.15) is 35.7 Å². The van der Waals surface area contributed by atoms with E-state index in [0.29, 0.717) is 12.1 Å². The van der Waals surface area contributed by atoms with E-state index in [-0.39, 0.29) is 5.91 Å². The molecule has 0 spiro atoms. The van der Waals surface area contributed by atoms with Crippen molar-refractivity contribution in [2.45, 2.75) is 26.2 Å². The molecule has 1 aliphatic rings. The summed E-state index contributed by atoms with van der Waals surface area (Å²) < 4.78 is 0. The molecule has 2 aromatic rings. The average molecular weight is 358 g/mol. The van der Waals surface area contributed by atoms with Crippen LogP contribution in [0, 0.1) is 5.92 Å². The molecule has 4 nitrogen and oxygen atoms in total. The molecule has 0 atom stereocenters. The first kappa shape index (κ1) is 17.7. The van der Waals surface area contributed by atoms with E-state index in [0.717, 1.165) is 41.8 Å². The van der Waals surface area contributed by atoms with Crippen LogP contribution in [0.2, 0.25) is 5.02 Å². The molecule has 0 aliphatic carbocycles. The van der Waals surface area contributed by atoms with Crippen LogP contribution in [0.3, 0.4) is 0 Å². The predicted octanol–water partition coefficient (Wildman–Crippen LogP) is 3.94. The van der Waals surface area contributed by atoms with Gasteiger partial charge in [-0.3, -0.25) is 4.79 Å². The molecule has 1 saturated heterocycles. The lowest BCUT2D eigenvalue weighted by molar-refractivity contribution is 0.0954. The van der Waals surface area contributed by atoms with E-state index >= 15 is 0 Å². The van der Waals surface area contributed by atoms with E-state index < -0.39 is 0 Å². The maximum atomic E-state index is 12.4.